The van der Waals surface area contributed by atoms with Crippen LogP contribution >= 0.6 is 0 Å². The Morgan fingerprint density at radius 2 is 1.62 bits per heavy atom. The molecule has 0 N–H and O–H groups in total. The molecule has 2 atom stereocenters. The lowest BCUT2D eigenvalue weighted by atomic mass is 9.78. The molecular weight excluding hydrogens is 453 g/mol. The van der Waals surface area contributed by atoms with Crippen LogP contribution in [0.5, 0.6) is 0 Å². The Labute approximate surface area is 184 Å². The fraction of sp³-hybridized carbons (Fsp3) is 0.700. The molecule has 1 saturated heterocycles. The normalized spacial score (nSPS) is 23.2. The number of alkyl halides is 3. The molecule has 0 radical (unpaired) electrons. The molecule has 180 valence electrons. The van der Waals surface area contributed by atoms with Gasteiger partial charge < -0.3 is 14.1 Å². The third kappa shape index (κ3) is 4.52. The molecule has 2 unspecified atom stereocenters. The fourth-order valence-electron chi connectivity index (χ4n) is 4.64. The summed E-state index contributed by atoms with van der Waals surface area (Å²) in [6.45, 7) is 2.64. The molecule has 32 heavy (non-hydrogen) atoms. The van der Waals surface area contributed by atoms with Crippen LogP contribution in [-0.4, -0.2) is 69.0 Å². The molecule has 2 fully saturated rings. The van der Waals surface area contributed by atoms with Crippen molar-refractivity contribution in [2.24, 2.45) is 11.8 Å². The van der Waals surface area contributed by atoms with E-state index in [2.05, 4.69) is 4.74 Å². The van der Waals surface area contributed by atoms with Crippen molar-refractivity contribution in [2.45, 2.75) is 50.6 Å². The van der Waals surface area contributed by atoms with Crippen molar-refractivity contribution >= 4 is 21.9 Å². The van der Waals surface area contributed by atoms with Gasteiger partial charge in [-0.1, -0.05) is 12.8 Å². The summed E-state index contributed by atoms with van der Waals surface area (Å²) in [5.74, 6) is -4.06. The summed E-state index contributed by atoms with van der Waals surface area (Å²) in [7, 11) is -3.02. The van der Waals surface area contributed by atoms with Gasteiger partial charge in [0.15, 0.2) is 0 Å². The molecular formula is C20H27F3N2O6S. The molecule has 1 aromatic rings. The molecule has 12 heteroatoms. The minimum Gasteiger partial charge on any atom is -0.465 e. The second-order valence-electron chi connectivity index (χ2n) is 8.18. The number of esters is 1. The first kappa shape index (κ1) is 24.6. The maximum Gasteiger partial charge on any atom is 0.392 e. The number of nitrogens with zero attached hydrogens (tertiary/aromatic N) is 2. The number of furan rings is 1. The zero-order chi connectivity index (χ0) is 23.8. The summed E-state index contributed by atoms with van der Waals surface area (Å²) < 4.78 is 77.8. The van der Waals surface area contributed by atoms with Gasteiger partial charge in [-0.25, -0.2) is 13.2 Å². The van der Waals surface area contributed by atoms with Crippen LogP contribution in [0.15, 0.2) is 9.31 Å². The first-order valence-corrected chi connectivity index (χ1v) is 11.9. The number of aryl methyl sites for hydroxylation is 2. The van der Waals surface area contributed by atoms with Gasteiger partial charge in [0, 0.05) is 32.1 Å². The van der Waals surface area contributed by atoms with Crippen molar-refractivity contribution < 1.29 is 40.3 Å². The smallest absolute Gasteiger partial charge is 0.392 e. The second kappa shape index (κ2) is 9.05. The van der Waals surface area contributed by atoms with Crippen LogP contribution in [0.4, 0.5) is 13.2 Å². The summed E-state index contributed by atoms with van der Waals surface area (Å²) in [5, 5.41) is 0. The minimum atomic E-state index is -4.44. The number of hydrogen-bond acceptors (Lipinski definition) is 6. The van der Waals surface area contributed by atoms with E-state index in [1.165, 1.54) is 18.7 Å². The SMILES string of the molecule is COC(=O)c1c(C)oc(C)c1S(=O)(=O)N1CCN(C(=O)C2CCCCC2C(F)(F)F)CC1. The molecule has 1 aliphatic heterocycles. The second-order valence-corrected chi connectivity index (χ2v) is 10.1. The highest BCUT2D eigenvalue weighted by molar-refractivity contribution is 7.89. The summed E-state index contributed by atoms with van der Waals surface area (Å²) >= 11 is 0. The Balaban J connectivity index is 1.76. The van der Waals surface area contributed by atoms with Crippen molar-refractivity contribution in [3.05, 3.63) is 17.1 Å². The number of amides is 1. The summed E-state index contributed by atoms with van der Waals surface area (Å²) in [6, 6.07) is 0. The van der Waals surface area contributed by atoms with Crippen molar-refractivity contribution in [1.82, 2.24) is 9.21 Å². The Morgan fingerprint density at radius 3 is 2.19 bits per heavy atom. The van der Waals surface area contributed by atoms with Crippen molar-refractivity contribution in [3.8, 4) is 0 Å². The van der Waals surface area contributed by atoms with Crippen LogP contribution in [-0.2, 0) is 19.6 Å². The van der Waals surface area contributed by atoms with Crippen LogP contribution in [0.3, 0.4) is 0 Å². The quantitative estimate of drug-likeness (QED) is 0.615. The molecule has 1 aromatic heterocycles. The highest BCUT2D eigenvalue weighted by Gasteiger charge is 2.49. The van der Waals surface area contributed by atoms with E-state index in [-0.39, 0.29) is 61.0 Å². The van der Waals surface area contributed by atoms with Crippen LogP contribution < -0.4 is 0 Å². The maximum atomic E-state index is 13.4. The molecule has 0 bridgehead atoms. The van der Waals surface area contributed by atoms with E-state index in [0.717, 1.165) is 11.4 Å². The van der Waals surface area contributed by atoms with Gasteiger partial charge in [0.05, 0.1) is 13.0 Å². The molecule has 0 aromatic carbocycles. The monoisotopic (exact) mass is 480 g/mol. The number of ether oxygens (including phenoxy) is 1. The summed E-state index contributed by atoms with van der Waals surface area (Å²) in [6.07, 6.45) is -3.33. The van der Waals surface area contributed by atoms with Crippen molar-refractivity contribution in [1.29, 1.82) is 0 Å². The first-order valence-electron chi connectivity index (χ1n) is 10.4. The zero-order valence-electron chi connectivity index (χ0n) is 18.2. The minimum absolute atomic E-state index is 0.0252. The lowest BCUT2D eigenvalue weighted by Crippen LogP contribution is -2.53. The van der Waals surface area contributed by atoms with E-state index in [9.17, 15) is 31.2 Å². The van der Waals surface area contributed by atoms with Gasteiger partial charge in [0.1, 0.15) is 22.0 Å². The van der Waals surface area contributed by atoms with Crippen LogP contribution in [0.1, 0.15) is 47.6 Å². The van der Waals surface area contributed by atoms with E-state index in [0.29, 0.717) is 12.8 Å². The fourth-order valence-corrected chi connectivity index (χ4v) is 6.43. The molecule has 1 saturated carbocycles. The number of rotatable bonds is 4. The number of methoxy groups -OCH3 is 1. The van der Waals surface area contributed by atoms with Crippen molar-refractivity contribution in [2.75, 3.05) is 33.3 Å². The summed E-state index contributed by atoms with van der Waals surface area (Å²) in [4.78, 5) is 26.0. The largest absolute Gasteiger partial charge is 0.465 e. The standard InChI is InChI=1S/C20H27F3N2O6S/c1-12-16(19(27)30-3)17(13(2)31-12)32(28,29)25-10-8-24(9-11-25)18(26)14-6-4-5-7-15(14)20(21,22)23/h14-15H,4-11H2,1-3H3. The average Bonchev–Trinajstić information content (AvgIpc) is 3.06. The van der Waals surface area contributed by atoms with Gasteiger partial charge in [-0.15, -0.1) is 0 Å². The van der Waals surface area contributed by atoms with E-state index in [1.807, 2.05) is 0 Å². The third-order valence-electron chi connectivity index (χ3n) is 6.25. The Bertz CT molecular complexity index is 980. The van der Waals surface area contributed by atoms with E-state index < -0.39 is 39.9 Å². The van der Waals surface area contributed by atoms with Gasteiger partial charge in [-0.3, -0.25) is 4.79 Å². The lowest BCUT2D eigenvalue weighted by Gasteiger charge is -2.39. The molecule has 8 nitrogen and oxygen atoms in total. The average molecular weight is 481 g/mol. The predicted octanol–water partition coefficient (Wildman–Crippen LogP) is 2.88. The Kier molecular flexibility index (Phi) is 6.94. The van der Waals surface area contributed by atoms with Gasteiger partial charge in [0.25, 0.3) is 0 Å². The highest BCUT2D eigenvalue weighted by Crippen LogP contribution is 2.42. The molecule has 2 aliphatic rings. The molecule has 0 spiro atoms. The van der Waals surface area contributed by atoms with Crippen LogP contribution in [0.25, 0.3) is 0 Å². The number of hydrogen-bond donors (Lipinski definition) is 0. The Hall–Kier alpha value is -2.08. The van der Waals surface area contributed by atoms with Crippen LogP contribution in [0.2, 0.25) is 0 Å². The zero-order valence-corrected chi connectivity index (χ0v) is 19.0. The number of piperazine rings is 1. The van der Waals surface area contributed by atoms with Crippen molar-refractivity contribution in [3.63, 3.8) is 0 Å². The molecule has 1 amide bonds. The van der Waals surface area contributed by atoms with E-state index in [1.54, 1.807) is 0 Å². The number of carbonyl (C=O) groups is 2. The van der Waals surface area contributed by atoms with Gasteiger partial charge in [0.2, 0.25) is 15.9 Å². The molecule has 1 aliphatic carbocycles. The number of halogens is 3. The maximum absolute atomic E-state index is 13.4. The Morgan fingerprint density at radius 1 is 1.03 bits per heavy atom. The molecule has 3 rings (SSSR count). The number of sulfonamides is 1. The highest BCUT2D eigenvalue weighted by atomic mass is 32.2. The van der Waals surface area contributed by atoms with Gasteiger partial charge in [-0.2, -0.15) is 17.5 Å². The van der Waals surface area contributed by atoms with Gasteiger partial charge in [-0.05, 0) is 26.7 Å². The summed E-state index contributed by atoms with van der Waals surface area (Å²) in [5.41, 5.74) is -0.182. The lowest BCUT2D eigenvalue weighted by molar-refractivity contribution is -0.201. The first-order chi connectivity index (χ1) is 14.9. The van der Waals surface area contributed by atoms with E-state index in [4.69, 9.17) is 4.42 Å². The molecule has 2 heterocycles. The topological polar surface area (TPSA) is 97.1 Å². The number of carbonyl (C=O) groups excluding carboxylic acids is 2. The van der Waals surface area contributed by atoms with E-state index >= 15 is 0 Å². The third-order valence-corrected chi connectivity index (χ3v) is 8.30. The van der Waals surface area contributed by atoms with Crippen LogP contribution in [0, 0.1) is 25.7 Å². The van der Waals surface area contributed by atoms with Gasteiger partial charge >= 0.3 is 12.1 Å². The predicted molar refractivity (Wildman–Crippen MR) is 106 cm³/mol.